The standard InChI is InChI=1S/C29H25NO4/c31-28(32)17-22(16-19-13-14-20-7-1-2-8-21(20)15-19)30-29(33)34-18-27-25-11-5-3-9-23(25)24-10-4-6-12-26(24)27/h1-15,22,27H,16-18H2,(H,30,33)(H,31,32)/t22-/m0/s1. The van der Waals surface area contributed by atoms with Gasteiger partial charge in [0.1, 0.15) is 6.61 Å². The lowest BCUT2D eigenvalue weighted by Crippen LogP contribution is -2.39. The van der Waals surface area contributed by atoms with Crippen LogP contribution in [0, 0.1) is 0 Å². The SMILES string of the molecule is O=C(O)C[C@H](Cc1ccc2ccccc2c1)NC(=O)OCC1c2ccccc2-c2ccccc21. The Morgan fingerprint density at radius 1 is 0.824 bits per heavy atom. The monoisotopic (exact) mass is 451 g/mol. The normalized spacial score (nSPS) is 13.2. The van der Waals surface area contributed by atoms with Crippen LogP contribution in [0.25, 0.3) is 21.9 Å². The Morgan fingerprint density at radius 3 is 2.12 bits per heavy atom. The zero-order valence-corrected chi connectivity index (χ0v) is 18.6. The third-order valence-corrected chi connectivity index (χ3v) is 6.38. The van der Waals surface area contributed by atoms with E-state index in [0.717, 1.165) is 38.6 Å². The molecule has 0 saturated carbocycles. The van der Waals surface area contributed by atoms with Gasteiger partial charge in [0.15, 0.2) is 0 Å². The quantitative estimate of drug-likeness (QED) is 0.374. The molecule has 34 heavy (non-hydrogen) atoms. The summed E-state index contributed by atoms with van der Waals surface area (Å²) in [7, 11) is 0. The largest absolute Gasteiger partial charge is 0.481 e. The van der Waals surface area contributed by atoms with Crippen LogP contribution in [0.2, 0.25) is 0 Å². The van der Waals surface area contributed by atoms with E-state index in [9.17, 15) is 14.7 Å². The molecule has 0 spiro atoms. The molecule has 1 aliphatic rings. The first-order chi connectivity index (χ1) is 16.6. The van der Waals surface area contributed by atoms with Crippen LogP contribution in [0.4, 0.5) is 4.79 Å². The predicted molar refractivity (Wildman–Crippen MR) is 132 cm³/mol. The molecule has 5 nitrogen and oxygen atoms in total. The summed E-state index contributed by atoms with van der Waals surface area (Å²) in [5, 5.41) is 14.3. The number of carbonyl (C=O) groups is 2. The van der Waals surface area contributed by atoms with E-state index in [-0.39, 0.29) is 18.9 Å². The summed E-state index contributed by atoms with van der Waals surface area (Å²) in [5.41, 5.74) is 5.55. The first-order valence-corrected chi connectivity index (χ1v) is 11.4. The van der Waals surface area contributed by atoms with Crippen molar-refractivity contribution < 1.29 is 19.4 Å². The second-order valence-electron chi connectivity index (χ2n) is 8.65. The Hall–Kier alpha value is -4.12. The molecule has 0 heterocycles. The van der Waals surface area contributed by atoms with E-state index < -0.39 is 18.1 Å². The van der Waals surface area contributed by atoms with Gasteiger partial charge in [0, 0.05) is 12.0 Å². The summed E-state index contributed by atoms with van der Waals surface area (Å²) in [6.07, 6.45) is -0.382. The van der Waals surface area contributed by atoms with Gasteiger partial charge in [-0.15, -0.1) is 0 Å². The van der Waals surface area contributed by atoms with Crippen LogP contribution in [0.5, 0.6) is 0 Å². The van der Waals surface area contributed by atoms with Crippen molar-refractivity contribution in [2.45, 2.75) is 24.8 Å². The molecule has 0 radical (unpaired) electrons. The number of rotatable bonds is 7. The summed E-state index contributed by atoms with van der Waals surface area (Å²) in [6, 6.07) is 29.7. The summed E-state index contributed by atoms with van der Waals surface area (Å²) in [4.78, 5) is 24.1. The molecular formula is C29H25NO4. The zero-order chi connectivity index (χ0) is 23.5. The van der Waals surface area contributed by atoms with Crippen LogP contribution in [0.3, 0.4) is 0 Å². The fraction of sp³-hybridized carbons (Fsp3) is 0.172. The molecule has 170 valence electrons. The lowest BCUT2D eigenvalue weighted by atomic mass is 9.98. The van der Waals surface area contributed by atoms with Gasteiger partial charge in [-0.1, -0.05) is 91.0 Å². The molecule has 1 atom stereocenters. The van der Waals surface area contributed by atoms with E-state index in [1.807, 2.05) is 66.7 Å². The highest BCUT2D eigenvalue weighted by Gasteiger charge is 2.29. The summed E-state index contributed by atoms with van der Waals surface area (Å²) >= 11 is 0. The lowest BCUT2D eigenvalue weighted by Gasteiger charge is -2.19. The van der Waals surface area contributed by atoms with E-state index in [2.05, 4.69) is 29.6 Å². The van der Waals surface area contributed by atoms with E-state index in [4.69, 9.17) is 4.74 Å². The molecule has 5 heteroatoms. The number of hydrogen-bond acceptors (Lipinski definition) is 3. The van der Waals surface area contributed by atoms with E-state index in [0.29, 0.717) is 6.42 Å². The summed E-state index contributed by atoms with van der Waals surface area (Å²) in [5.74, 6) is -1.01. The third kappa shape index (κ3) is 4.50. The van der Waals surface area contributed by atoms with E-state index in [1.54, 1.807) is 0 Å². The third-order valence-electron chi connectivity index (χ3n) is 6.38. The van der Waals surface area contributed by atoms with Crippen LogP contribution in [0.15, 0.2) is 91.0 Å². The molecule has 0 saturated heterocycles. The lowest BCUT2D eigenvalue weighted by molar-refractivity contribution is -0.137. The van der Waals surface area contributed by atoms with E-state index in [1.165, 1.54) is 0 Å². The Balaban J connectivity index is 1.27. The number of carboxylic acids is 1. The smallest absolute Gasteiger partial charge is 0.407 e. The number of aliphatic carboxylic acids is 1. The van der Waals surface area contributed by atoms with Crippen molar-refractivity contribution in [3.8, 4) is 11.1 Å². The fourth-order valence-corrected chi connectivity index (χ4v) is 4.84. The average molecular weight is 452 g/mol. The van der Waals surface area contributed by atoms with Gasteiger partial charge in [0.05, 0.1) is 6.42 Å². The van der Waals surface area contributed by atoms with Gasteiger partial charge in [-0.2, -0.15) is 0 Å². The van der Waals surface area contributed by atoms with Crippen molar-refractivity contribution in [3.05, 3.63) is 108 Å². The number of carbonyl (C=O) groups excluding carboxylic acids is 1. The number of amides is 1. The zero-order valence-electron chi connectivity index (χ0n) is 18.6. The molecule has 1 amide bonds. The molecule has 4 aromatic carbocycles. The summed E-state index contributed by atoms with van der Waals surface area (Å²) in [6.45, 7) is 0.190. The van der Waals surface area contributed by atoms with Crippen molar-refractivity contribution >= 4 is 22.8 Å². The number of nitrogens with one attached hydrogen (secondary N) is 1. The molecular weight excluding hydrogens is 426 g/mol. The van der Waals surface area contributed by atoms with Crippen molar-refractivity contribution in [1.82, 2.24) is 5.32 Å². The van der Waals surface area contributed by atoms with Gasteiger partial charge < -0.3 is 15.2 Å². The Morgan fingerprint density at radius 2 is 1.44 bits per heavy atom. The van der Waals surface area contributed by atoms with Gasteiger partial charge >= 0.3 is 12.1 Å². The molecule has 0 fully saturated rings. The number of hydrogen-bond donors (Lipinski definition) is 2. The van der Waals surface area contributed by atoms with Crippen LogP contribution < -0.4 is 5.32 Å². The molecule has 0 bridgehead atoms. The van der Waals surface area contributed by atoms with Crippen molar-refractivity contribution in [1.29, 1.82) is 0 Å². The minimum absolute atomic E-state index is 0.0449. The van der Waals surface area contributed by atoms with Crippen LogP contribution in [0.1, 0.15) is 29.0 Å². The minimum atomic E-state index is -0.968. The number of ether oxygens (including phenoxy) is 1. The number of carboxylic acid groups (broad SMARTS) is 1. The number of benzene rings is 4. The van der Waals surface area contributed by atoms with Crippen molar-refractivity contribution in [2.75, 3.05) is 6.61 Å². The fourth-order valence-electron chi connectivity index (χ4n) is 4.84. The Kier molecular flexibility index (Phi) is 6.00. The first-order valence-electron chi connectivity index (χ1n) is 11.4. The Bertz CT molecular complexity index is 1320. The summed E-state index contributed by atoms with van der Waals surface area (Å²) < 4.78 is 5.62. The number of fused-ring (bicyclic) bond motifs is 4. The number of alkyl carbamates (subject to hydrolysis) is 1. The van der Waals surface area contributed by atoms with Gasteiger partial charge in [0.25, 0.3) is 0 Å². The topological polar surface area (TPSA) is 75.6 Å². The molecule has 5 rings (SSSR count). The first kappa shape index (κ1) is 21.7. The maximum atomic E-state index is 12.7. The van der Waals surface area contributed by atoms with Crippen molar-refractivity contribution in [2.24, 2.45) is 0 Å². The average Bonchev–Trinajstić information content (AvgIpc) is 3.16. The van der Waals surface area contributed by atoms with Gasteiger partial charge in [-0.25, -0.2) is 4.79 Å². The predicted octanol–water partition coefficient (Wildman–Crippen LogP) is 5.76. The molecule has 0 aliphatic heterocycles. The van der Waals surface area contributed by atoms with E-state index >= 15 is 0 Å². The second kappa shape index (κ2) is 9.40. The van der Waals surface area contributed by atoms with Crippen LogP contribution in [-0.4, -0.2) is 29.8 Å². The molecule has 4 aromatic rings. The van der Waals surface area contributed by atoms with Gasteiger partial charge in [-0.3, -0.25) is 4.79 Å². The molecule has 1 aliphatic carbocycles. The Labute approximate surface area is 198 Å². The van der Waals surface area contributed by atoms with Gasteiger partial charge in [-0.05, 0) is 45.0 Å². The molecule has 0 aromatic heterocycles. The highest BCUT2D eigenvalue weighted by Crippen LogP contribution is 2.44. The second-order valence-corrected chi connectivity index (χ2v) is 8.65. The van der Waals surface area contributed by atoms with Crippen molar-refractivity contribution in [3.63, 3.8) is 0 Å². The van der Waals surface area contributed by atoms with Crippen LogP contribution >= 0.6 is 0 Å². The maximum absolute atomic E-state index is 12.7. The van der Waals surface area contributed by atoms with Gasteiger partial charge in [0.2, 0.25) is 0 Å². The molecule has 2 N–H and O–H groups in total. The highest BCUT2D eigenvalue weighted by atomic mass is 16.5. The highest BCUT2D eigenvalue weighted by molar-refractivity contribution is 5.83. The minimum Gasteiger partial charge on any atom is -0.481 e. The molecule has 0 unspecified atom stereocenters. The van der Waals surface area contributed by atoms with Crippen LogP contribution in [-0.2, 0) is 16.0 Å². The maximum Gasteiger partial charge on any atom is 0.407 e.